The van der Waals surface area contributed by atoms with Crippen molar-refractivity contribution in [2.75, 3.05) is 11.9 Å². The van der Waals surface area contributed by atoms with Gasteiger partial charge in [0.2, 0.25) is 0 Å². The number of hydrogen-bond acceptors (Lipinski definition) is 5. The van der Waals surface area contributed by atoms with Gasteiger partial charge in [-0.15, -0.1) is 0 Å². The number of hydrogen-bond donors (Lipinski definition) is 2. The third-order valence-electron chi connectivity index (χ3n) is 3.26. The molecule has 2 N–H and O–H groups in total. The fourth-order valence-electron chi connectivity index (χ4n) is 2.29. The first-order valence-electron chi connectivity index (χ1n) is 6.21. The molecule has 0 spiro atoms. The van der Waals surface area contributed by atoms with Gasteiger partial charge in [-0.3, -0.25) is 10.1 Å². The van der Waals surface area contributed by atoms with Gasteiger partial charge in [-0.25, -0.2) is 4.39 Å². The highest BCUT2D eigenvalue weighted by atomic mass is 19.1. The van der Waals surface area contributed by atoms with E-state index in [1.54, 1.807) is 6.07 Å². The van der Waals surface area contributed by atoms with Crippen LogP contribution in [0.4, 0.5) is 15.8 Å². The zero-order valence-corrected chi connectivity index (χ0v) is 10.7. The number of nitro benzene ring substituents is 1. The zero-order valence-electron chi connectivity index (χ0n) is 10.7. The highest BCUT2D eigenvalue weighted by molar-refractivity contribution is 5.63. The number of fused-ring (bicyclic) bond motifs is 1. The summed E-state index contributed by atoms with van der Waals surface area (Å²) in [7, 11) is 0. The van der Waals surface area contributed by atoms with Crippen LogP contribution in [-0.2, 0) is 0 Å². The van der Waals surface area contributed by atoms with Crippen molar-refractivity contribution in [2.45, 2.75) is 6.04 Å². The molecular formula is C14H11FN2O4. The van der Waals surface area contributed by atoms with E-state index in [4.69, 9.17) is 4.74 Å². The van der Waals surface area contributed by atoms with E-state index < -0.39 is 10.7 Å². The Balaban J connectivity index is 1.93. The lowest BCUT2D eigenvalue weighted by atomic mass is 10.1. The Bertz CT molecular complexity index is 720. The molecule has 1 aliphatic rings. The second kappa shape index (κ2) is 4.93. The first-order chi connectivity index (χ1) is 10.0. The van der Waals surface area contributed by atoms with Crippen LogP contribution in [0, 0.1) is 15.9 Å². The molecular weight excluding hydrogens is 279 g/mol. The van der Waals surface area contributed by atoms with Crippen LogP contribution in [0.25, 0.3) is 0 Å². The Morgan fingerprint density at radius 1 is 1.33 bits per heavy atom. The number of phenolic OH excluding ortho intramolecular Hbond substituents is 1. The van der Waals surface area contributed by atoms with Gasteiger partial charge in [-0.2, -0.15) is 0 Å². The first-order valence-corrected chi connectivity index (χ1v) is 6.21. The Kier molecular flexibility index (Phi) is 3.09. The molecule has 1 atom stereocenters. The van der Waals surface area contributed by atoms with E-state index >= 15 is 0 Å². The largest absolute Gasteiger partial charge is 0.508 e. The van der Waals surface area contributed by atoms with Gasteiger partial charge >= 0.3 is 0 Å². The minimum absolute atomic E-state index is 0.0751. The molecule has 0 saturated carbocycles. The third-order valence-corrected chi connectivity index (χ3v) is 3.26. The molecule has 7 heteroatoms. The average Bonchev–Trinajstić information content (AvgIpc) is 2.81. The fraction of sp³-hybridized carbons (Fsp3) is 0.143. The number of nitrogens with zero attached hydrogens (tertiary/aromatic N) is 1. The van der Waals surface area contributed by atoms with Gasteiger partial charge in [0, 0.05) is 23.8 Å². The zero-order chi connectivity index (χ0) is 15.0. The Morgan fingerprint density at radius 2 is 2.14 bits per heavy atom. The minimum atomic E-state index is -0.574. The van der Waals surface area contributed by atoms with Crippen molar-refractivity contribution in [2.24, 2.45) is 0 Å². The van der Waals surface area contributed by atoms with E-state index in [1.165, 1.54) is 12.1 Å². The van der Waals surface area contributed by atoms with Crippen LogP contribution in [0.1, 0.15) is 11.6 Å². The number of benzene rings is 2. The van der Waals surface area contributed by atoms with Crippen LogP contribution >= 0.6 is 0 Å². The summed E-state index contributed by atoms with van der Waals surface area (Å²) < 4.78 is 18.7. The SMILES string of the molecule is O=[N+]([O-])c1ccc(F)cc1NC1COc2cc(O)ccc21. The Labute approximate surface area is 118 Å². The number of aromatic hydroxyl groups is 1. The monoisotopic (exact) mass is 290 g/mol. The second-order valence-electron chi connectivity index (χ2n) is 4.65. The number of phenols is 1. The summed E-state index contributed by atoms with van der Waals surface area (Å²) in [4.78, 5) is 10.4. The number of halogens is 1. The lowest BCUT2D eigenvalue weighted by Gasteiger charge is -2.13. The van der Waals surface area contributed by atoms with Crippen LogP contribution in [0.5, 0.6) is 11.5 Å². The van der Waals surface area contributed by atoms with E-state index in [-0.39, 0.29) is 29.8 Å². The number of rotatable bonds is 3. The highest BCUT2D eigenvalue weighted by Crippen LogP contribution is 2.38. The summed E-state index contributed by atoms with van der Waals surface area (Å²) in [6, 6.07) is 7.53. The van der Waals surface area contributed by atoms with Crippen LogP contribution < -0.4 is 10.1 Å². The van der Waals surface area contributed by atoms with Gasteiger partial charge in [-0.05, 0) is 18.2 Å². The maximum absolute atomic E-state index is 13.3. The van der Waals surface area contributed by atoms with Crippen molar-refractivity contribution in [1.29, 1.82) is 0 Å². The molecule has 0 bridgehead atoms. The molecule has 2 aromatic carbocycles. The highest BCUT2D eigenvalue weighted by Gasteiger charge is 2.26. The van der Waals surface area contributed by atoms with E-state index in [1.807, 2.05) is 0 Å². The maximum atomic E-state index is 13.3. The quantitative estimate of drug-likeness (QED) is 0.670. The van der Waals surface area contributed by atoms with Crippen molar-refractivity contribution < 1.29 is 19.2 Å². The van der Waals surface area contributed by atoms with E-state index in [0.717, 1.165) is 23.8 Å². The number of anilines is 1. The lowest BCUT2D eigenvalue weighted by molar-refractivity contribution is -0.384. The third kappa shape index (κ3) is 2.45. The van der Waals surface area contributed by atoms with Gasteiger partial charge < -0.3 is 15.2 Å². The van der Waals surface area contributed by atoms with Crippen LogP contribution in [-0.4, -0.2) is 16.6 Å². The van der Waals surface area contributed by atoms with Gasteiger partial charge in [0.15, 0.2) is 0 Å². The molecule has 1 unspecified atom stereocenters. The number of nitro groups is 1. The Hall–Kier alpha value is -2.83. The van der Waals surface area contributed by atoms with E-state index in [9.17, 15) is 19.6 Å². The molecule has 0 saturated heterocycles. The topological polar surface area (TPSA) is 84.6 Å². The summed E-state index contributed by atoms with van der Waals surface area (Å²) in [5.74, 6) is 0.0191. The van der Waals surface area contributed by atoms with Crippen LogP contribution in [0.3, 0.4) is 0 Å². The molecule has 2 aromatic rings. The predicted octanol–water partition coefficient (Wildman–Crippen LogP) is 2.99. The van der Waals surface area contributed by atoms with E-state index in [2.05, 4.69) is 5.32 Å². The first kappa shape index (κ1) is 13.2. The predicted molar refractivity (Wildman–Crippen MR) is 73.0 cm³/mol. The van der Waals surface area contributed by atoms with Gasteiger partial charge in [0.25, 0.3) is 5.69 Å². The molecule has 1 heterocycles. The molecule has 21 heavy (non-hydrogen) atoms. The fourth-order valence-corrected chi connectivity index (χ4v) is 2.29. The van der Waals surface area contributed by atoms with Gasteiger partial charge in [-0.1, -0.05) is 0 Å². The number of nitrogens with one attached hydrogen (secondary N) is 1. The summed E-state index contributed by atoms with van der Waals surface area (Å²) in [6.45, 7) is 0.243. The summed E-state index contributed by atoms with van der Waals surface area (Å²) >= 11 is 0. The van der Waals surface area contributed by atoms with E-state index in [0.29, 0.717) is 5.75 Å². The molecule has 0 amide bonds. The minimum Gasteiger partial charge on any atom is -0.508 e. The molecule has 3 rings (SSSR count). The van der Waals surface area contributed by atoms with Crippen molar-refractivity contribution in [3.63, 3.8) is 0 Å². The smallest absolute Gasteiger partial charge is 0.292 e. The van der Waals surface area contributed by atoms with Gasteiger partial charge in [0.05, 0.1) is 11.0 Å². The van der Waals surface area contributed by atoms with Crippen molar-refractivity contribution >= 4 is 11.4 Å². The lowest BCUT2D eigenvalue weighted by Crippen LogP contribution is -2.13. The molecule has 108 valence electrons. The van der Waals surface area contributed by atoms with Crippen molar-refractivity contribution in [1.82, 2.24) is 0 Å². The van der Waals surface area contributed by atoms with Gasteiger partial charge in [0.1, 0.15) is 29.6 Å². The molecule has 6 nitrogen and oxygen atoms in total. The maximum Gasteiger partial charge on any atom is 0.292 e. The summed E-state index contributed by atoms with van der Waals surface area (Å²) in [6.07, 6.45) is 0. The molecule has 0 aliphatic carbocycles. The summed E-state index contributed by atoms with van der Waals surface area (Å²) in [5, 5.41) is 23.3. The number of ether oxygens (including phenoxy) is 1. The van der Waals surface area contributed by atoms with Crippen molar-refractivity contribution in [3.05, 3.63) is 57.9 Å². The standard InChI is InChI=1S/C14H11FN2O4/c15-8-1-4-13(17(19)20)11(5-8)16-12-7-21-14-6-9(18)2-3-10(12)14/h1-6,12,16,18H,7H2. The Morgan fingerprint density at radius 3 is 2.90 bits per heavy atom. The average molecular weight is 290 g/mol. The molecule has 0 radical (unpaired) electrons. The van der Waals surface area contributed by atoms with Crippen molar-refractivity contribution in [3.8, 4) is 11.5 Å². The van der Waals surface area contributed by atoms with Crippen LogP contribution in [0.15, 0.2) is 36.4 Å². The molecule has 1 aliphatic heterocycles. The summed E-state index contributed by atoms with van der Waals surface area (Å²) in [5.41, 5.74) is 0.643. The molecule has 0 aromatic heterocycles. The normalized spacial score (nSPS) is 16.1. The molecule has 0 fully saturated rings. The van der Waals surface area contributed by atoms with Crippen LogP contribution in [0.2, 0.25) is 0 Å². The second-order valence-corrected chi connectivity index (χ2v) is 4.65.